The number of halogens is 1. The Hall–Kier alpha value is -0.380. The minimum absolute atomic E-state index is 0.00819. The number of hydrogen-bond acceptors (Lipinski definition) is 6. The van der Waals surface area contributed by atoms with Crippen molar-refractivity contribution in [3.05, 3.63) is 0 Å². The molecule has 10 heteroatoms. The number of nitrogens with zero attached hydrogens (tertiary/aromatic N) is 1. The number of amides is 1. The standard InChI is InChI=1S/C12H20ClNO6S2/c13-7-12(15)14(10-1-5-21(16,17)8-10)3-4-20-11-2-6-22(18,19)9-11/h10-11H,1-9H2. The van der Waals surface area contributed by atoms with Crippen LogP contribution in [0, 0.1) is 0 Å². The van der Waals surface area contributed by atoms with E-state index in [4.69, 9.17) is 16.3 Å². The van der Waals surface area contributed by atoms with Crippen molar-refractivity contribution in [1.29, 1.82) is 0 Å². The monoisotopic (exact) mass is 373 g/mol. The van der Waals surface area contributed by atoms with Crippen molar-refractivity contribution in [1.82, 2.24) is 4.90 Å². The summed E-state index contributed by atoms with van der Waals surface area (Å²) in [7, 11) is -6.10. The number of hydrogen-bond donors (Lipinski definition) is 0. The maximum absolute atomic E-state index is 11.9. The van der Waals surface area contributed by atoms with E-state index in [9.17, 15) is 21.6 Å². The molecule has 1 amide bonds. The number of carbonyl (C=O) groups excluding carboxylic acids is 1. The minimum atomic E-state index is -3.10. The maximum Gasteiger partial charge on any atom is 0.237 e. The molecule has 0 aromatic heterocycles. The zero-order valence-corrected chi connectivity index (χ0v) is 14.5. The third-order valence-electron chi connectivity index (χ3n) is 3.96. The Bertz CT molecular complexity index is 618. The second-order valence-electron chi connectivity index (χ2n) is 5.67. The first-order chi connectivity index (χ1) is 10.2. The average molecular weight is 374 g/mol. The van der Waals surface area contributed by atoms with Crippen LogP contribution in [0.3, 0.4) is 0 Å². The fourth-order valence-electron chi connectivity index (χ4n) is 2.82. The van der Waals surface area contributed by atoms with Gasteiger partial charge < -0.3 is 9.64 Å². The first-order valence-electron chi connectivity index (χ1n) is 7.10. The summed E-state index contributed by atoms with van der Waals surface area (Å²) in [6.07, 6.45) is 0.525. The van der Waals surface area contributed by atoms with Gasteiger partial charge in [0, 0.05) is 12.6 Å². The summed E-state index contributed by atoms with van der Waals surface area (Å²) in [6, 6.07) is -0.368. The first kappa shape index (κ1) is 18.0. The molecule has 2 fully saturated rings. The molecule has 0 radical (unpaired) electrons. The summed E-state index contributed by atoms with van der Waals surface area (Å²) >= 11 is 5.58. The van der Waals surface area contributed by atoms with Gasteiger partial charge in [-0.3, -0.25) is 4.79 Å². The van der Waals surface area contributed by atoms with Crippen molar-refractivity contribution in [2.75, 3.05) is 42.0 Å². The van der Waals surface area contributed by atoms with Crippen LogP contribution in [0.4, 0.5) is 0 Å². The van der Waals surface area contributed by atoms with Crippen LogP contribution in [0.1, 0.15) is 12.8 Å². The molecule has 0 aromatic rings. The van der Waals surface area contributed by atoms with Crippen molar-refractivity contribution in [2.24, 2.45) is 0 Å². The van der Waals surface area contributed by atoms with E-state index in [1.807, 2.05) is 0 Å². The Kier molecular flexibility index (Phi) is 5.73. The van der Waals surface area contributed by atoms with Gasteiger partial charge in [-0.15, -0.1) is 11.6 Å². The van der Waals surface area contributed by atoms with Gasteiger partial charge in [-0.25, -0.2) is 16.8 Å². The quantitative estimate of drug-likeness (QED) is 0.579. The van der Waals surface area contributed by atoms with Gasteiger partial charge in [0.25, 0.3) is 0 Å². The number of ether oxygens (including phenoxy) is 1. The summed E-state index contributed by atoms with van der Waals surface area (Å²) in [5.41, 5.74) is 0. The smallest absolute Gasteiger partial charge is 0.237 e. The van der Waals surface area contributed by atoms with Gasteiger partial charge in [0.15, 0.2) is 19.7 Å². The van der Waals surface area contributed by atoms with Gasteiger partial charge in [-0.2, -0.15) is 0 Å². The van der Waals surface area contributed by atoms with Crippen LogP contribution in [0.15, 0.2) is 0 Å². The molecule has 2 heterocycles. The fourth-order valence-corrected chi connectivity index (χ4v) is 6.32. The van der Waals surface area contributed by atoms with E-state index in [1.54, 1.807) is 0 Å². The normalized spacial score (nSPS) is 29.5. The van der Waals surface area contributed by atoms with Crippen LogP contribution in [-0.2, 0) is 29.2 Å². The number of sulfone groups is 2. The van der Waals surface area contributed by atoms with Crippen LogP contribution in [0.25, 0.3) is 0 Å². The molecule has 2 rings (SSSR count). The van der Waals surface area contributed by atoms with Crippen LogP contribution in [0.5, 0.6) is 0 Å². The lowest BCUT2D eigenvalue weighted by Crippen LogP contribution is -2.44. The van der Waals surface area contributed by atoms with Gasteiger partial charge in [-0.1, -0.05) is 0 Å². The molecule has 0 bridgehead atoms. The van der Waals surface area contributed by atoms with Crippen molar-refractivity contribution < 1.29 is 26.4 Å². The van der Waals surface area contributed by atoms with Crippen LogP contribution >= 0.6 is 11.6 Å². The predicted molar refractivity (Wildman–Crippen MR) is 82.5 cm³/mol. The highest BCUT2D eigenvalue weighted by Gasteiger charge is 2.34. The molecule has 0 aliphatic carbocycles. The summed E-state index contributed by atoms with van der Waals surface area (Å²) in [6.45, 7) is 0.404. The molecule has 2 atom stereocenters. The zero-order chi connectivity index (χ0) is 16.4. The van der Waals surface area contributed by atoms with E-state index < -0.39 is 19.7 Å². The third kappa shape index (κ3) is 4.81. The Morgan fingerprint density at radius 1 is 1.09 bits per heavy atom. The third-order valence-corrected chi connectivity index (χ3v) is 7.68. The molecule has 0 N–H and O–H groups in total. The highest BCUT2D eigenvalue weighted by Crippen LogP contribution is 2.19. The Morgan fingerprint density at radius 2 is 1.73 bits per heavy atom. The fraction of sp³-hybridized carbons (Fsp3) is 0.917. The number of rotatable bonds is 6. The molecule has 2 aliphatic rings. The number of carbonyl (C=O) groups is 1. The van der Waals surface area contributed by atoms with Gasteiger partial charge in [0.2, 0.25) is 5.91 Å². The first-order valence-corrected chi connectivity index (χ1v) is 11.3. The van der Waals surface area contributed by atoms with E-state index in [2.05, 4.69) is 0 Å². The molecular formula is C12H20ClNO6S2. The van der Waals surface area contributed by atoms with Gasteiger partial charge in [0.1, 0.15) is 5.88 Å². The van der Waals surface area contributed by atoms with Gasteiger partial charge >= 0.3 is 0 Å². The molecular weight excluding hydrogens is 354 g/mol. The van der Waals surface area contributed by atoms with Crippen LogP contribution in [0.2, 0.25) is 0 Å². The van der Waals surface area contributed by atoms with E-state index in [1.165, 1.54) is 4.90 Å². The molecule has 0 saturated carbocycles. The van der Waals surface area contributed by atoms with Crippen LogP contribution in [-0.4, -0.2) is 81.8 Å². The van der Waals surface area contributed by atoms with Crippen molar-refractivity contribution in [2.45, 2.75) is 25.0 Å². The lowest BCUT2D eigenvalue weighted by Gasteiger charge is -2.28. The van der Waals surface area contributed by atoms with Gasteiger partial charge in [0.05, 0.1) is 35.7 Å². The van der Waals surface area contributed by atoms with Crippen molar-refractivity contribution in [3.8, 4) is 0 Å². The molecule has 0 aromatic carbocycles. The van der Waals surface area contributed by atoms with Crippen LogP contribution < -0.4 is 0 Å². The van der Waals surface area contributed by atoms with E-state index >= 15 is 0 Å². The predicted octanol–water partition coefficient (Wildman–Crippen LogP) is -0.555. The topological polar surface area (TPSA) is 97.8 Å². The summed E-state index contributed by atoms with van der Waals surface area (Å²) in [5.74, 6) is -0.379. The molecule has 2 saturated heterocycles. The average Bonchev–Trinajstić information content (AvgIpc) is 2.96. The lowest BCUT2D eigenvalue weighted by atomic mass is 10.2. The number of alkyl halides is 1. The van der Waals surface area contributed by atoms with E-state index in [0.29, 0.717) is 12.8 Å². The summed E-state index contributed by atoms with van der Waals surface area (Å²) in [5, 5.41) is 0. The molecule has 7 nitrogen and oxygen atoms in total. The molecule has 2 unspecified atom stereocenters. The minimum Gasteiger partial charge on any atom is -0.375 e. The summed E-state index contributed by atoms with van der Waals surface area (Å²) in [4.78, 5) is 13.3. The molecule has 22 heavy (non-hydrogen) atoms. The second kappa shape index (κ2) is 7.02. The Morgan fingerprint density at radius 3 is 2.23 bits per heavy atom. The molecule has 128 valence electrons. The largest absolute Gasteiger partial charge is 0.375 e. The highest BCUT2D eigenvalue weighted by molar-refractivity contribution is 7.91. The Labute approximate surface area is 135 Å². The lowest BCUT2D eigenvalue weighted by molar-refractivity contribution is -0.131. The zero-order valence-electron chi connectivity index (χ0n) is 12.1. The summed E-state index contributed by atoms with van der Waals surface area (Å²) < 4.78 is 51.3. The van der Waals surface area contributed by atoms with Crippen molar-refractivity contribution in [3.63, 3.8) is 0 Å². The van der Waals surface area contributed by atoms with E-state index in [0.717, 1.165) is 0 Å². The second-order valence-corrected chi connectivity index (χ2v) is 10.4. The Balaban J connectivity index is 1.87. The van der Waals surface area contributed by atoms with Gasteiger partial charge in [-0.05, 0) is 12.8 Å². The highest BCUT2D eigenvalue weighted by atomic mass is 35.5. The molecule has 0 spiro atoms. The molecule has 2 aliphatic heterocycles. The van der Waals surface area contributed by atoms with E-state index in [-0.39, 0.29) is 60.1 Å². The maximum atomic E-state index is 11.9. The van der Waals surface area contributed by atoms with Crippen molar-refractivity contribution >= 4 is 37.2 Å². The SMILES string of the molecule is O=C(CCl)N(CCOC1CCS(=O)(=O)C1)C1CCS(=O)(=O)C1.